The molecule has 0 aromatic heterocycles. The maximum atomic E-state index is 11.1. The van der Waals surface area contributed by atoms with E-state index in [1.807, 2.05) is 27.7 Å². The Morgan fingerprint density at radius 1 is 0.538 bits per heavy atom. The van der Waals surface area contributed by atoms with E-state index < -0.39 is 15.6 Å². The standard InChI is InChI=1S/2C8H19O4P/c2*1-3-5-7-11-13(9,10)12-8-6-4-2/h2*3-8H2,1-2H3,(H,9,10). The van der Waals surface area contributed by atoms with Crippen LogP contribution in [0.3, 0.4) is 0 Å². The highest BCUT2D eigenvalue weighted by Gasteiger charge is 2.20. The Morgan fingerprint density at radius 2 is 0.731 bits per heavy atom. The Bertz CT molecular complexity index is 328. The highest BCUT2D eigenvalue weighted by Crippen LogP contribution is 2.44. The van der Waals surface area contributed by atoms with Gasteiger partial charge in [0.15, 0.2) is 0 Å². The molecule has 2 N–H and O–H groups in total. The van der Waals surface area contributed by atoms with Crippen molar-refractivity contribution in [1.82, 2.24) is 0 Å². The fourth-order valence-electron chi connectivity index (χ4n) is 1.37. The summed E-state index contributed by atoms with van der Waals surface area (Å²) in [7, 11) is -7.50. The third-order valence-corrected chi connectivity index (χ3v) is 5.04. The normalized spacial score (nSPS) is 11.9. The van der Waals surface area contributed by atoms with Crippen LogP contribution in [0.5, 0.6) is 0 Å². The van der Waals surface area contributed by atoms with Gasteiger partial charge < -0.3 is 9.79 Å². The summed E-state index contributed by atoms with van der Waals surface area (Å²) in [5.41, 5.74) is 0. The second-order valence-corrected chi connectivity index (χ2v) is 8.59. The SMILES string of the molecule is CCCCOP(=O)(O)OCCCC.CCCCOP(=O)(O)OCCCC. The first-order valence-electron chi connectivity index (χ1n) is 9.48. The molecule has 0 aliphatic rings. The van der Waals surface area contributed by atoms with Crippen LogP contribution in [0.25, 0.3) is 0 Å². The highest BCUT2D eigenvalue weighted by molar-refractivity contribution is 7.47. The summed E-state index contributed by atoms with van der Waals surface area (Å²) in [6.07, 6.45) is 6.88. The molecule has 10 heteroatoms. The van der Waals surface area contributed by atoms with Gasteiger partial charge in [0.1, 0.15) is 0 Å². The zero-order chi connectivity index (χ0) is 20.3. The van der Waals surface area contributed by atoms with Gasteiger partial charge in [0.25, 0.3) is 0 Å². The Balaban J connectivity index is 0. The lowest BCUT2D eigenvalue weighted by Gasteiger charge is -2.10. The smallest absolute Gasteiger partial charge is 0.302 e. The number of hydrogen-bond acceptors (Lipinski definition) is 6. The molecule has 0 fully saturated rings. The van der Waals surface area contributed by atoms with Crippen LogP contribution in [-0.2, 0) is 27.2 Å². The largest absolute Gasteiger partial charge is 0.472 e. The molecule has 0 amide bonds. The van der Waals surface area contributed by atoms with Crippen LogP contribution >= 0.6 is 15.6 Å². The predicted octanol–water partition coefficient (Wildman–Crippen LogP) is 5.44. The molecule has 160 valence electrons. The molecule has 0 aromatic rings. The first kappa shape index (κ1) is 28.4. The van der Waals surface area contributed by atoms with Gasteiger partial charge in [0.05, 0.1) is 26.4 Å². The summed E-state index contributed by atoms with van der Waals surface area (Å²) in [4.78, 5) is 18.2. The van der Waals surface area contributed by atoms with E-state index in [1.54, 1.807) is 0 Å². The molecule has 0 atom stereocenters. The van der Waals surface area contributed by atoms with Crippen LogP contribution in [0, 0.1) is 0 Å². The second-order valence-electron chi connectivity index (χ2n) is 5.68. The molecule has 0 bridgehead atoms. The molecule has 0 saturated carbocycles. The zero-order valence-electron chi connectivity index (χ0n) is 16.7. The molecular weight excluding hydrogens is 382 g/mol. The summed E-state index contributed by atoms with van der Waals surface area (Å²) < 4.78 is 41.0. The second kappa shape index (κ2) is 18.6. The Morgan fingerprint density at radius 3 is 0.885 bits per heavy atom. The summed E-state index contributed by atoms with van der Waals surface area (Å²) in [6, 6.07) is 0. The minimum atomic E-state index is -3.75. The molecule has 0 aromatic carbocycles. The molecule has 26 heavy (non-hydrogen) atoms. The van der Waals surface area contributed by atoms with Crippen molar-refractivity contribution in [3.8, 4) is 0 Å². The van der Waals surface area contributed by atoms with Crippen molar-refractivity contribution >= 4 is 15.6 Å². The van der Waals surface area contributed by atoms with Gasteiger partial charge in [-0.1, -0.05) is 53.4 Å². The lowest BCUT2D eigenvalue weighted by Crippen LogP contribution is -1.98. The van der Waals surface area contributed by atoms with Crippen LogP contribution in [0.2, 0.25) is 0 Å². The Hall–Kier alpha value is 0.220. The minimum Gasteiger partial charge on any atom is -0.302 e. The third kappa shape index (κ3) is 22.3. The van der Waals surface area contributed by atoms with Gasteiger partial charge >= 0.3 is 15.6 Å². The molecule has 0 saturated heterocycles. The zero-order valence-corrected chi connectivity index (χ0v) is 18.5. The van der Waals surface area contributed by atoms with Crippen LogP contribution in [0.4, 0.5) is 0 Å². The fourth-order valence-corrected chi connectivity index (χ4v) is 2.96. The molecule has 0 unspecified atom stereocenters. The van der Waals surface area contributed by atoms with Crippen LogP contribution in [0.15, 0.2) is 0 Å². The van der Waals surface area contributed by atoms with Gasteiger partial charge in [0.2, 0.25) is 0 Å². The van der Waals surface area contributed by atoms with E-state index in [0.717, 1.165) is 51.4 Å². The van der Waals surface area contributed by atoms with Crippen LogP contribution < -0.4 is 0 Å². The average Bonchev–Trinajstić information content (AvgIpc) is 2.56. The van der Waals surface area contributed by atoms with E-state index in [1.165, 1.54) is 0 Å². The van der Waals surface area contributed by atoms with Crippen molar-refractivity contribution in [1.29, 1.82) is 0 Å². The summed E-state index contributed by atoms with van der Waals surface area (Å²) >= 11 is 0. The number of hydrogen-bond donors (Lipinski definition) is 2. The highest BCUT2D eigenvalue weighted by atomic mass is 31.2. The minimum absolute atomic E-state index is 0.288. The van der Waals surface area contributed by atoms with Gasteiger partial charge in [-0.3, -0.25) is 18.1 Å². The first-order valence-corrected chi connectivity index (χ1v) is 12.5. The lowest BCUT2D eigenvalue weighted by molar-refractivity contribution is 0.145. The molecular formula is C16H38O8P2. The molecule has 0 aliphatic heterocycles. The lowest BCUT2D eigenvalue weighted by atomic mass is 10.4. The number of phosphoric ester groups is 2. The summed E-state index contributed by atoms with van der Waals surface area (Å²) in [5, 5.41) is 0. The average molecular weight is 420 g/mol. The van der Waals surface area contributed by atoms with Crippen molar-refractivity contribution in [3.63, 3.8) is 0 Å². The third-order valence-electron chi connectivity index (χ3n) is 3.01. The first-order chi connectivity index (χ1) is 12.2. The van der Waals surface area contributed by atoms with Gasteiger partial charge in [-0.25, -0.2) is 9.13 Å². The molecule has 8 nitrogen and oxygen atoms in total. The van der Waals surface area contributed by atoms with Gasteiger partial charge in [0, 0.05) is 0 Å². The maximum Gasteiger partial charge on any atom is 0.472 e. The fraction of sp³-hybridized carbons (Fsp3) is 1.00. The van der Waals surface area contributed by atoms with E-state index in [-0.39, 0.29) is 26.4 Å². The van der Waals surface area contributed by atoms with Gasteiger partial charge in [-0.2, -0.15) is 0 Å². The van der Waals surface area contributed by atoms with E-state index >= 15 is 0 Å². The van der Waals surface area contributed by atoms with Crippen molar-refractivity contribution < 1.29 is 37.0 Å². The van der Waals surface area contributed by atoms with Crippen molar-refractivity contribution in [3.05, 3.63) is 0 Å². The molecule has 0 radical (unpaired) electrons. The Labute approximate surface area is 158 Å². The molecule has 0 rings (SSSR count). The van der Waals surface area contributed by atoms with Gasteiger partial charge in [-0.15, -0.1) is 0 Å². The predicted molar refractivity (Wildman–Crippen MR) is 103 cm³/mol. The van der Waals surface area contributed by atoms with E-state index in [9.17, 15) is 9.13 Å². The van der Waals surface area contributed by atoms with Crippen LogP contribution in [0.1, 0.15) is 79.1 Å². The monoisotopic (exact) mass is 420 g/mol. The Kier molecular flexibility index (Phi) is 20.3. The summed E-state index contributed by atoms with van der Waals surface area (Å²) in [6.45, 7) is 9.11. The van der Waals surface area contributed by atoms with Crippen molar-refractivity contribution in [2.24, 2.45) is 0 Å². The number of unbranched alkanes of at least 4 members (excludes halogenated alkanes) is 4. The topological polar surface area (TPSA) is 112 Å². The number of rotatable bonds is 16. The van der Waals surface area contributed by atoms with Crippen molar-refractivity contribution in [2.45, 2.75) is 79.1 Å². The molecule has 0 aliphatic carbocycles. The van der Waals surface area contributed by atoms with E-state index in [4.69, 9.17) is 27.9 Å². The van der Waals surface area contributed by atoms with Crippen LogP contribution in [-0.4, -0.2) is 36.2 Å². The number of phosphoric acid groups is 2. The quantitative estimate of drug-likeness (QED) is 0.251. The molecule has 0 spiro atoms. The van der Waals surface area contributed by atoms with E-state index in [0.29, 0.717) is 0 Å². The van der Waals surface area contributed by atoms with Gasteiger partial charge in [-0.05, 0) is 25.7 Å². The molecule has 0 heterocycles. The summed E-state index contributed by atoms with van der Waals surface area (Å²) in [5.74, 6) is 0. The maximum absolute atomic E-state index is 11.1. The van der Waals surface area contributed by atoms with E-state index in [2.05, 4.69) is 0 Å². The van der Waals surface area contributed by atoms with Crippen molar-refractivity contribution in [2.75, 3.05) is 26.4 Å².